The van der Waals surface area contributed by atoms with Gasteiger partial charge in [0.05, 0.1) is 12.8 Å². The van der Waals surface area contributed by atoms with Crippen LogP contribution < -0.4 is 5.73 Å². The van der Waals surface area contributed by atoms with Gasteiger partial charge in [0.25, 0.3) is 0 Å². The second kappa shape index (κ2) is 6.48. The Morgan fingerprint density at radius 2 is 2.23 bits per heavy atom. The number of aryl methyl sites for hydroxylation is 2. The first kappa shape index (κ1) is 16.5. The Bertz CT molecular complexity index is 569. The minimum atomic E-state index is -0.990. The monoisotopic (exact) mass is 308 g/mol. The van der Waals surface area contributed by atoms with Crippen LogP contribution in [0.1, 0.15) is 30.5 Å². The number of aromatic nitrogens is 2. The van der Waals surface area contributed by atoms with Gasteiger partial charge in [0.1, 0.15) is 5.54 Å². The summed E-state index contributed by atoms with van der Waals surface area (Å²) in [5.41, 5.74) is 6.66. The molecule has 1 saturated heterocycles. The molecule has 2 heterocycles. The van der Waals surface area contributed by atoms with E-state index >= 15 is 0 Å². The van der Waals surface area contributed by atoms with Crippen LogP contribution in [0, 0.1) is 6.92 Å². The minimum absolute atomic E-state index is 0.0587. The fourth-order valence-electron chi connectivity index (χ4n) is 3.12. The maximum absolute atomic E-state index is 12.6. The van der Waals surface area contributed by atoms with E-state index in [2.05, 4.69) is 5.10 Å². The van der Waals surface area contributed by atoms with Crippen LogP contribution in [-0.4, -0.2) is 52.3 Å². The molecule has 22 heavy (non-hydrogen) atoms. The van der Waals surface area contributed by atoms with Gasteiger partial charge in [-0.1, -0.05) is 0 Å². The third-order valence-electron chi connectivity index (χ3n) is 4.58. The molecule has 1 atom stereocenters. The highest BCUT2D eigenvalue weighted by Crippen LogP contribution is 2.30. The third kappa shape index (κ3) is 2.85. The molecule has 0 radical (unpaired) electrons. The SMILES string of the molecule is COCC1(C(N)=O)CCCN1C(=O)CCc1cnn(C)c1C. The summed E-state index contributed by atoms with van der Waals surface area (Å²) in [7, 11) is 3.39. The average molecular weight is 308 g/mol. The van der Waals surface area contributed by atoms with Gasteiger partial charge in [0.2, 0.25) is 11.8 Å². The van der Waals surface area contributed by atoms with E-state index in [-0.39, 0.29) is 12.5 Å². The second-order valence-corrected chi connectivity index (χ2v) is 5.86. The topological polar surface area (TPSA) is 90.4 Å². The smallest absolute Gasteiger partial charge is 0.245 e. The number of nitrogens with zero attached hydrogens (tertiary/aromatic N) is 3. The van der Waals surface area contributed by atoms with E-state index < -0.39 is 11.4 Å². The lowest BCUT2D eigenvalue weighted by atomic mass is 9.95. The number of nitrogens with two attached hydrogens (primary N) is 1. The minimum Gasteiger partial charge on any atom is -0.382 e. The number of amides is 2. The number of methoxy groups -OCH3 is 1. The highest BCUT2D eigenvalue weighted by molar-refractivity contribution is 5.91. The average Bonchev–Trinajstić information content (AvgIpc) is 3.04. The Morgan fingerprint density at radius 3 is 2.77 bits per heavy atom. The Kier molecular flexibility index (Phi) is 4.85. The zero-order valence-corrected chi connectivity index (χ0v) is 13.5. The predicted molar refractivity (Wildman–Crippen MR) is 81.0 cm³/mol. The summed E-state index contributed by atoms with van der Waals surface area (Å²) >= 11 is 0. The molecule has 1 unspecified atom stereocenters. The summed E-state index contributed by atoms with van der Waals surface area (Å²) in [6.07, 6.45) is 4.06. The molecule has 7 heteroatoms. The van der Waals surface area contributed by atoms with Crippen molar-refractivity contribution < 1.29 is 14.3 Å². The standard InChI is InChI=1S/C15H24N4O3/c1-11-12(9-17-18(11)2)5-6-13(20)19-8-4-7-15(19,10-22-3)14(16)21/h9H,4-8,10H2,1-3H3,(H2,16,21). The lowest BCUT2D eigenvalue weighted by molar-refractivity contribution is -0.146. The van der Waals surface area contributed by atoms with Crippen molar-refractivity contribution in [2.75, 3.05) is 20.3 Å². The van der Waals surface area contributed by atoms with Crippen LogP contribution >= 0.6 is 0 Å². The van der Waals surface area contributed by atoms with Crippen molar-refractivity contribution in [2.24, 2.45) is 12.8 Å². The van der Waals surface area contributed by atoms with Gasteiger partial charge in [-0.25, -0.2) is 0 Å². The molecular formula is C15H24N4O3. The van der Waals surface area contributed by atoms with Crippen LogP contribution in [-0.2, 0) is 27.8 Å². The van der Waals surface area contributed by atoms with Crippen molar-refractivity contribution in [3.63, 3.8) is 0 Å². The zero-order chi connectivity index (χ0) is 16.3. The normalized spacial score (nSPS) is 21.3. The fraction of sp³-hybridized carbons (Fsp3) is 0.667. The van der Waals surface area contributed by atoms with Gasteiger partial charge in [0, 0.05) is 32.8 Å². The summed E-state index contributed by atoms with van der Waals surface area (Å²) < 4.78 is 6.93. The molecule has 1 fully saturated rings. The summed E-state index contributed by atoms with van der Waals surface area (Å²) in [5, 5.41) is 4.18. The quantitative estimate of drug-likeness (QED) is 0.810. The van der Waals surface area contributed by atoms with Crippen LogP contribution in [0.3, 0.4) is 0 Å². The summed E-state index contributed by atoms with van der Waals surface area (Å²) in [6.45, 7) is 2.68. The Labute approximate surface area is 130 Å². The number of hydrogen-bond acceptors (Lipinski definition) is 4. The van der Waals surface area contributed by atoms with Crippen LogP contribution in [0.2, 0.25) is 0 Å². The molecule has 1 aliphatic rings. The Hall–Kier alpha value is -1.89. The molecule has 0 spiro atoms. The number of hydrogen-bond donors (Lipinski definition) is 1. The van der Waals surface area contributed by atoms with Crippen molar-refractivity contribution in [2.45, 2.75) is 38.1 Å². The van der Waals surface area contributed by atoms with E-state index in [9.17, 15) is 9.59 Å². The van der Waals surface area contributed by atoms with Crippen molar-refractivity contribution in [1.82, 2.24) is 14.7 Å². The molecule has 1 aliphatic heterocycles. The van der Waals surface area contributed by atoms with Gasteiger partial charge in [-0.05, 0) is 31.7 Å². The largest absolute Gasteiger partial charge is 0.382 e. The summed E-state index contributed by atoms with van der Waals surface area (Å²) in [5.74, 6) is -0.547. The zero-order valence-electron chi connectivity index (χ0n) is 13.5. The number of likely N-dealkylation sites (tertiary alicyclic amines) is 1. The van der Waals surface area contributed by atoms with Gasteiger partial charge in [-0.2, -0.15) is 5.10 Å². The molecule has 0 saturated carbocycles. The van der Waals surface area contributed by atoms with Crippen molar-refractivity contribution in [3.8, 4) is 0 Å². The molecule has 0 aromatic carbocycles. The van der Waals surface area contributed by atoms with Gasteiger partial charge < -0.3 is 15.4 Å². The summed E-state index contributed by atoms with van der Waals surface area (Å²) in [6, 6.07) is 0. The first-order valence-corrected chi connectivity index (χ1v) is 7.49. The molecule has 2 rings (SSSR count). The van der Waals surface area contributed by atoms with Crippen LogP contribution in [0.25, 0.3) is 0 Å². The molecule has 1 aromatic heterocycles. The van der Waals surface area contributed by atoms with Gasteiger partial charge in [-0.15, -0.1) is 0 Å². The molecule has 122 valence electrons. The van der Waals surface area contributed by atoms with Crippen molar-refractivity contribution in [1.29, 1.82) is 0 Å². The van der Waals surface area contributed by atoms with Gasteiger partial charge in [-0.3, -0.25) is 14.3 Å². The Morgan fingerprint density at radius 1 is 1.50 bits per heavy atom. The molecule has 2 amide bonds. The van der Waals surface area contributed by atoms with E-state index in [0.717, 1.165) is 17.7 Å². The van der Waals surface area contributed by atoms with Gasteiger partial charge >= 0.3 is 0 Å². The number of primary amides is 1. The lowest BCUT2D eigenvalue weighted by Crippen LogP contribution is -2.58. The number of carbonyl (C=O) groups is 2. The molecule has 0 aliphatic carbocycles. The van der Waals surface area contributed by atoms with Crippen molar-refractivity contribution in [3.05, 3.63) is 17.5 Å². The van der Waals surface area contributed by atoms with Crippen LogP contribution in [0.4, 0.5) is 0 Å². The van der Waals surface area contributed by atoms with E-state index in [0.29, 0.717) is 25.8 Å². The van der Waals surface area contributed by atoms with Crippen molar-refractivity contribution >= 4 is 11.8 Å². The first-order valence-electron chi connectivity index (χ1n) is 7.49. The second-order valence-electron chi connectivity index (χ2n) is 5.86. The molecule has 2 N–H and O–H groups in total. The number of ether oxygens (including phenoxy) is 1. The van der Waals surface area contributed by atoms with E-state index in [1.165, 1.54) is 7.11 Å². The molecule has 0 bridgehead atoms. The maximum atomic E-state index is 12.6. The molecular weight excluding hydrogens is 284 g/mol. The van der Waals surface area contributed by atoms with E-state index in [1.807, 2.05) is 14.0 Å². The van der Waals surface area contributed by atoms with Gasteiger partial charge in [0.15, 0.2) is 0 Å². The van der Waals surface area contributed by atoms with Crippen LogP contribution in [0.5, 0.6) is 0 Å². The first-order chi connectivity index (χ1) is 10.4. The third-order valence-corrected chi connectivity index (χ3v) is 4.58. The summed E-state index contributed by atoms with van der Waals surface area (Å²) in [4.78, 5) is 26.1. The molecule has 1 aromatic rings. The molecule has 7 nitrogen and oxygen atoms in total. The highest BCUT2D eigenvalue weighted by atomic mass is 16.5. The predicted octanol–water partition coefficient (Wildman–Crippen LogP) is 0.154. The number of rotatable bonds is 6. The lowest BCUT2D eigenvalue weighted by Gasteiger charge is -2.35. The number of carbonyl (C=O) groups excluding carboxylic acids is 2. The van der Waals surface area contributed by atoms with E-state index in [1.54, 1.807) is 15.8 Å². The highest BCUT2D eigenvalue weighted by Gasteiger charge is 2.48. The van der Waals surface area contributed by atoms with E-state index in [4.69, 9.17) is 10.5 Å². The fourth-order valence-corrected chi connectivity index (χ4v) is 3.12. The van der Waals surface area contributed by atoms with Crippen LogP contribution in [0.15, 0.2) is 6.20 Å². The maximum Gasteiger partial charge on any atom is 0.245 e. The Balaban J connectivity index is 2.07.